The van der Waals surface area contributed by atoms with Gasteiger partial charge in [0.1, 0.15) is 0 Å². The zero-order valence-corrected chi connectivity index (χ0v) is 12.2. The summed E-state index contributed by atoms with van der Waals surface area (Å²) in [6.07, 6.45) is 9.02. The standard InChI is InChI=1S/C17H28O2/c1-17-7-6-14-13-5-3-12(18)8-11(13)2-4-15(14)16(17)9-19-10-17/h11-16,18H,2-10H2,1H3/t11-,12-,13-,14+,15+,16-,17+/m0/s1. The van der Waals surface area contributed by atoms with Gasteiger partial charge in [-0.05, 0) is 80.0 Å². The fourth-order valence-electron chi connectivity index (χ4n) is 6.15. The van der Waals surface area contributed by atoms with Crippen molar-refractivity contribution in [3.8, 4) is 0 Å². The summed E-state index contributed by atoms with van der Waals surface area (Å²) in [5.74, 6) is 4.46. The van der Waals surface area contributed by atoms with Gasteiger partial charge >= 0.3 is 0 Å². The first-order valence-corrected chi connectivity index (χ1v) is 8.43. The van der Waals surface area contributed by atoms with Crippen LogP contribution in [0.25, 0.3) is 0 Å². The molecule has 0 bridgehead atoms. The van der Waals surface area contributed by atoms with E-state index in [-0.39, 0.29) is 6.10 Å². The van der Waals surface area contributed by atoms with Gasteiger partial charge in [-0.3, -0.25) is 0 Å². The predicted octanol–water partition coefficient (Wildman–Crippen LogP) is 3.24. The van der Waals surface area contributed by atoms with Crippen molar-refractivity contribution in [3.63, 3.8) is 0 Å². The van der Waals surface area contributed by atoms with Crippen LogP contribution in [-0.2, 0) is 4.74 Å². The zero-order chi connectivity index (χ0) is 13.0. The number of rotatable bonds is 0. The molecule has 4 rings (SSSR count). The molecule has 0 amide bonds. The first-order chi connectivity index (χ1) is 9.17. The van der Waals surface area contributed by atoms with Crippen LogP contribution in [0.4, 0.5) is 0 Å². The monoisotopic (exact) mass is 264 g/mol. The molecular weight excluding hydrogens is 236 g/mol. The van der Waals surface area contributed by atoms with E-state index >= 15 is 0 Å². The SMILES string of the molecule is C[C@]12CC[C@H]3[C@@H](CC[C@H]4C[C@@H](O)CC[C@@H]43)[C@@H]1COC2. The molecule has 0 aromatic rings. The summed E-state index contributed by atoms with van der Waals surface area (Å²) in [4.78, 5) is 0. The summed E-state index contributed by atoms with van der Waals surface area (Å²) in [5.41, 5.74) is 0.488. The van der Waals surface area contributed by atoms with Gasteiger partial charge in [-0.25, -0.2) is 0 Å². The Kier molecular flexibility index (Phi) is 2.97. The first-order valence-electron chi connectivity index (χ1n) is 8.43. The maximum absolute atomic E-state index is 9.92. The molecule has 0 aromatic carbocycles. The van der Waals surface area contributed by atoms with Crippen molar-refractivity contribution in [2.75, 3.05) is 13.2 Å². The van der Waals surface area contributed by atoms with Crippen LogP contribution in [-0.4, -0.2) is 24.4 Å². The second kappa shape index (κ2) is 4.46. The molecule has 108 valence electrons. The average Bonchev–Trinajstić information content (AvgIpc) is 2.79. The fourth-order valence-corrected chi connectivity index (χ4v) is 6.15. The number of fused-ring (bicyclic) bond motifs is 5. The van der Waals surface area contributed by atoms with Crippen LogP contribution in [0.1, 0.15) is 51.9 Å². The van der Waals surface area contributed by atoms with E-state index in [1.807, 2.05) is 0 Å². The van der Waals surface area contributed by atoms with E-state index in [0.29, 0.717) is 5.41 Å². The third kappa shape index (κ3) is 1.90. The quantitative estimate of drug-likeness (QED) is 0.728. The molecule has 1 saturated heterocycles. The van der Waals surface area contributed by atoms with Gasteiger partial charge in [0.2, 0.25) is 0 Å². The maximum atomic E-state index is 9.92. The van der Waals surface area contributed by atoms with E-state index in [4.69, 9.17) is 4.74 Å². The molecular formula is C17H28O2. The molecule has 7 atom stereocenters. The largest absolute Gasteiger partial charge is 0.393 e. The highest BCUT2D eigenvalue weighted by Gasteiger charge is 2.54. The fraction of sp³-hybridized carbons (Fsp3) is 1.00. The molecule has 3 aliphatic carbocycles. The van der Waals surface area contributed by atoms with Crippen molar-refractivity contribution in [3.05, 3.63) is 0 Å². The van der Waals surface area contributed by atoms with Crippen LogP contribution in [0.3, 0.4) is 0 Å². The van der Waals surface area contributed by atoms with Gasteiger partial charge in [0, 0.05) is 0 Å². The molecule has 1 N–H and O–H groups in total. The lowest BCUT2D eigenvalue weighted by Crippen LogP contribution is -2.48. The summed E-state index contributed by atoms with van der Waals surface area (Å²) in [5, 5.41) is 9.92. The summed E-state index contributed by atoms with van der Waals surface area (Å²) in [6, 6.07) is 0. The van der Waals surface area contributed by atoms with E-state index in [9.17, 15) is 5.11 Å². The van der Waals surface area contributed by atoms with Gasteiger partial charge in [-0.15, -0.1) is 0 Å². The Bertz CT molecular complexity index is 355. The van der Waals surface area contributed by atoms with Gasteiger partial charge in [0.25, 0.3) is 0 Å². The Hall–Kier alpha value is -0.0800. The average molecular weight is 264 g/mol. The second-order valence-corrected chi connectivity index (χ2v) is 8.11. The lowest BCUT2D eigenvalue weighted by molar-refractivity contribution is -0.0620. The van der Waals surface area contributed by atoms with Gasteiger partial charge in [0.15, 0.2) is 0 Å². The zero-order valence-electron chi connectivity index (χ0n) is 12.2. The lowest BCUT2D eigenvalue weighted by Gasteiger charge is -2.54. The minimum absolute atomic E-state index is 0.00136. The molecule has 4 fully saturated rings. The molecule has 19 heavy (non-hydrogen) atoms. The number of ether oxygens (including phenoxy) is 1. The normalized spacial score (nSPS) is 57.2. The first kappa shape index (κ1) is 12.6. The Morgan fingerprint density at radius 2 is 1.84 bits per heavy atom. The van der Waals surface area contributed by atoms with Gasteiger partial charge in [-0.2, -0.15) is 0 Å². The van der Waals surface area contributed by atoms with Crippen LogP contribution in [0.2, 0.25) is 0 Å². The highest BCUT2D eigenvalue weighted by molar-refractivity contribution is 5.02. The molecule has 2 heteroatoms. The van der Waals surface area contributed by atoms with E-state index in [1.54, 1.807) is 0 Å². The molecule has 0 radical (unpaired) electrons. The van der Waals surface area contributed by atoms with Crippen molar-refractivity contribution >= 4 is 0 Å². The van der Waals surface area contributed by atoms with Crippen molar-refractivity contribution in [2.24, 2.45) is 35.0 Å². The Morgan fingerprint density at radius 3 is 2.74 bits per heavy atom. The van der Waals surface area contributed by atoms with Crippen molar-refractivity contribution in [2.45, 2.75) is 58.0 Å². The van der Waals surface area contributed by atoms with Crippen LogP contribution in [0, 0.1) is 35.0 Å². The minimum Gasteiger partial charge on any atom is -0.393 e. The maximum Gasteiger partial charge on any atom is 0.0543 e. The van der Waals surface area contributed by atoms with Crippen molar-refractivity contribution < 1.29 is 9.84 Å². The number of hydrogen-bond acceptors (Lipinski definition) is 2. The smallest absolute Gasteiger partial charge is 0.0543 e. The van der Waals surface area contributed by atoms with E-state index in [1.165, 1.54) is 32.1 Å². The molecule has 0 aromatic heterocycles. The number of aliphatic hydroxyl groups is 1. The Labute approximate surface area is 116 Å². The molecule has 0 spiro atoms. The van der Waals surface area contributed by atoms with Gasteiger partial charge < -0.3 is 9.84 Å². The molecule has 4 aliphatic rings. The van der Waals surface area contributed by atoms with Crippen LogP contribution in [0.5, 0.6) is 0 Å². The summed E-state index contributed by atoms with van der Waals surface area (Å²) in [6.45, 7) is 4.50. The van der Waals surface area contributed by atoms with Crippen molar-refractivity contribution in [1.29, 1.82) is 0 Å². The molecule has 1 heterocycles. The predicted molar refractivity (Wildman–Crippen MR) is 74.7 cm³/mol. The van der Waals surface area contributed by atoms with E-state index in [0.717, 1.165) is 55.6 Å². The van der Waals surface area contributed by atoms with Gasteiger partial charge in [-0.1, -0.05) is 6.92 Å². The number of hydrogen-bond donors (Lipinski definition) is 1. The lowest BCUT2D eigenvalue weighted by atomic mass is 9.50. The third-order valence-electron chi connectivity index (χ3n) is 7.17. The Morgan fingerprint density at radius 1 is 1.00 bits per heavy atom. The highest BCUT2D eigenvalue weighted by atomic mass is 16.5. The Balaban J connectivity index is 1.56. The molecule has 1 aliphatic heterocycles. The molecule has 0 unspecified atom stereocenters. The van der Waals surface area contributed by atoms with Crippen LogP contribution in [0.15, 0.2) is 0 Å². The van der Waals surface area contributed by atoms with Crippen LogP contribution < -0.4 is 0 Å². The summed E-state index contributed by atoms with van der Waals surface area (Å²) in [7, 11) is 0. The second-order valence-electron chi connectivity index (χ2n) is 8.11. The number of aliphatic hydroxyl groups excluding tert-OH is 1. The molecule has 3 saturated carbocycles. The third-order valence-corrected chi connectivity index (χ3v) is 7.17. The summed E-state index contributed by atoms with van der Waals surface area (Å²) >= 11 is 0. The van der Waals surface area contributed by atoms with Gasteiger partial charge in [0.05, 0.1) is 19.3 Å². The van der Waals surface area contributed by atoms with E-state index in [2.05, 4.69) is 6.92 Å². The topological polar surface area (TPSA) is 29.5 Å². The van der Waals surface area contributed by atoms with Crippen LogP contribution >= 0.6 is 0 Å². The summed E-state index contributed by atoms with van der Waals surface area (Å²) < 4.78 is 5.86. The van der Waals surface area contributed by atoms with Crippen molar-refractivity contribution in [1.82, 2.24) is 0 Å². The molecule has 2 nitrogen and oxygen atoms in total. The van der Waals surface area contributed by atoms with E-state index < -0.39 is 0 Å². The minimum atomic E-state index is 0.00136. The highest BCUT2D eigenvalue weighted by Crippen LogP contribution is 2.59.